The standard InChI is InChI=1S/C15H14BrN5O/c1-9-7-13(10(2)17-9)14(22)8-21-19-15(18-20-21)11-3-5-12(16)6-4-11/h3-7,17H,8H2,1-2H3. The van der Waals surface area contributed by atoms with Crippen molar-refractivity contribution in [3.63, 3.8) is 0 Å². The van der Waals surface area contributed by atoms with Crippen LogP contribution in [0.25, 0.3) is 11.4 Å². The van der Waals surface area contributed by atoms with Gasteiger partial charge in [0.25, 0.3) is 0 Å². The van der Waals surface area contributed by atoms with E-state index in [1.165, 1.54) is 4.80 Å². The molecule has 0 radical (unpaired) electrons. The lowest BCUT2D eigenvalue weighted by Gasteiger charge is -1.98. The molecular formula is C15H14BrN5O. The second kappa shape index (κ2) is 5.84. The zero-order chi connectivity index (χ0) is 15.7. The molecular weight excluding hydrogens is 346 g/mol. The van der Waals surface area contributed by atoms with Crippen LogP contribution in [-0.2, 0) is 6.54 Å². The van der Waals surface area contributed by atoms with Crippen LogP contribution >= 0.6 is 15.9 Å². The van der Waals surface area contributed by atoms with Crippen molar-refractivity contribution in [1.82, 2.24) is 25.2 Å². The van der Waals surface area contributed by atoms with Gasteiger partial charge in [-0.25, -0.2) is 0 Å². The lowest BCUT2D eigenvalue weighted by atomic mass is 10.1. The molecule has 0 aliphatic heterocycles. The average molecular weight is 360 g/mol. The van der Waals surface area contributed by atoms with Crippen LogP contribution in [0.15, 0.2) is 34.8 Å². The van der Waals surface area contributed by atoms with E-state index in [9.17, 15) is 4.79 Å². The average Bonchev–Trinajstić information content (AvgIpc) is 3.06. The number of carbonyl (C=O) groups excluding carboxylic acids is 1. The van der Waals surface area contributed by atoms with E-state index in [2.05, 4.69) is 36.3 Å². The number of halogens is 1. The molecule has 22 heavy (non-hydrogen) atoms. The second-order valence-electron chi connectivity index (χ2n) is 5.06. The van der Waals surface area contributed by atoms with Crippen molar-refractivity contribution in [1.29, 1.82) is 0 Å². The van der Waals surface area contributed by atoms with E-state index in [1.54, 1.807) is 0 Å². The molecule has 3 aromatic rings. The molecule has 0 aliphatic rings. The number of benzene rings is 1. The molecule has 2 aromatic heterocycles. The van der Waals surface area contributed by atoms with Gasteiger partial charge in [0, 0.05) is 27.0 Å². The number of H-pyrrole nitrogens is 1. The fraction of sp³-hybridized carbons (Fsp3) is 0.200. The first-order valence-electron chi connectivity index (χ1n) is 6.76. The number of tetrazole rings is 1. The highest BCUT2D eigenvalue weighted by Crippen LogP contribution is 2.17. The zero-order valence-electron chi connectivity index (χ0n) is 12.2. The number of nitrogens with one attached hydrogen (secondary N) is 1. The van der Waals surface area contributed by atoms with E-state index in [0.717, 1.165) is 21.4 Å². The summed E-state index contributed by atoms with van der Waals surface area (Å²) in [5.41, 5.74) is 3.34. The minimum absolute atomic E-state index is 0.0402. The molecule has 112 valence electrons. The quantitative estimate of drug-likeness (QED) is 0.726. The number of Topliss-reactive ketones (excluding diaryl/α,β-unsaturated/α-hetero) is 1. The highest BCUT2D eigenvalue weighted by molar-refractivity contribution is 9.10. The van der Waals surface area contributed by atoms with Gasteiger partial charge in [0.2, 0.25) is 5.82 Å². The molecule has 2 heterocycles. The minimum Gasteiger partial charge on any atom is -0.362 e. The van der Waals surface area contributed by atoms with Crippen molar-refractivity contribution in [3.05, 3.63) is 51.8 Å². The smallest absolute Gasteiger partial charge is 0.204 e. The Hall–Kier alpha value is -2.28. The molecule has 0 aliphatic carbocycles. The maximum Gasteiger partial charge on any atom is 0.204 e. The van der Waals surface area contributed by atoms with Crippen molar-refractivity contribution in [2.75, 3.05) is 0 Å². The molecule has 1 aromatic carbocycles. The maximum atomic E-state index is 12.3. The van der Waals surface area contributed by atoms with Crippen molar-refractivity contribution >= 4 is 21.7 Å². The minimum atomic E-state index is -0.0402. The summed E-state index contributed by atoms with van der Waals surface area (Å²) in [6.45, 7) is 3.87. The predicted molar refractivity (Wildman–Crippen MR) is 85.6 cm³/mol. The van der Waals surface area contributed by atoms with Gasteiger partial charge in [-0.1, -0.05) is 15.9 Å². The van der Waals surface area contributed by atoms with Crippen molar-refractivity contribution < 1.29 is 4.79 Å². The highest BCUT2D eigenvalue weighted by Gasteiger charge is 2.14. The summed E-state index contributed by atoms with van der Waals surface area (Å²) in [5.74, 6) is 0.462. The molecule has 3 rings (SSSR count). The summed E-state index contributed by atoms with van der Waals surface area (Å²) in [4.78, 5) is 16.7. The van der Waals surface area contributed by atoms with E-state index in [0.29, 0.717) is 11.4 Å². The number of ketones is 1. The Morgan fingerprint density at radius 1 is 1.27 bits per heavy atom. The van der Waals surface area contributed by atoms with Crippen LogP contribution in [0.2, 0.25) is 0 Å². The first kappa shape index (κ1) is 14.6. The van der Waals surface area contributed by atoms with Gasteiger partial charge < -0.3 is 4.98 Å². The van der Waals surface area contributed by atoms with Crippen molar-refractivity contribution in [2.45, 2.75) is 20.4 Å². The summed E-state index contributed by atoms with van der Waals surface area (Å²) in [7, 11) is 0. The normalized spacial score (nSPS) is 10.9. The number of hydrogen-bond acceptors (Lipinski definition) is 4. The van der Waals surface area contributed by atoms with Crippen LogP contribution in [0.5, 0.6) is 0 Å². The van der Waals surface area contributed by atoms with Gasteiger partial charge in [-0.15, -0.1) is 10.2 Å². The number of rotatable bonds is 4. The van der Waals surface area contributed by atoms with Gasteiger partial charge in [-0.05, 0) is 49.4 Å². The number of hydrogen-bond donors (Lipinski definition) is 1. The van der Waals surface area contributed by atoms with Gasteiger partial charge >= 0.3 is 0 Å². The number of aryl methyl sites for hydroxylation is 2. The molecule has 6 nitrogen and oxygen atoms in total. The fourth-order valence-electron chi connectivity index (χ4n) is 2.25. The Morgan fingerprint density at radius 3 is 2.64 bits per heavy atom. The van der Waals surface area contributed by atoms with Gasteiger partial charge in [0.05, 0.1) is 0 Å². The lowest BCUT2D eigenvalue weighted by molar-refractivity contribution is 0.0961. The van der Waals surface area contributed by atoms with E-state index >= 15 is 0 Å². The molecule has 0 amide bonds. The first-order chi connectivity index (χ1) is 10.5. The van der Waals surface area contributed by atoms with Crippen LogP contribution in [0, 0.1) is 13.8 Å². The summed E-state index contributed by atoms with van der Waals surface area (Å²) in [5, 5.41) is 12.2. The Kier molecular flexibility index (Phi) is 3.89. The summed E-state index contributed by atoms with van der Waals surface area (Å²) in [6, 6.07) is 9.45. The third-order valence-corrected chi connectivity index (χ3v) is 3.82. The first-order valence-corrected chi connectivity index (χ1v) is 7.55. The second-order valence-corrected chi connectivity index (χ2v) is 5.98. The molecule has 0 fully saturated rings. The summed E-state index contributed by atoms with van der Waals surface area (Å²) >= 11 is 3.38. The van der Waals surface area contributed by atoms with Crippen LogP contribution in [0.3, 0.4) is 0 Å². The van der Waals surface area contributed by atoms with Gasteiger partial charge in [0.15, 0.2) is 5.78 Å². The van der Waals surface area contributed by atoms with Crippen molar-refractivity contribution in [2.24, 2.45) is 0 Å². The zero-order valence-corrected chi connectivity index (χ0v) is 13.8. The largest absolute Gasteiger partial charge is 0.362 e. The molecule has 1 N–H and O–H groups in total. The van der Waals surface area contributed by atoms with E-state index < -0.39 is 0 Å². The van der Waals surface area contributed by atoms with Crippen LogP contribution < -0.4 is 0 Å². The lowest BCUT2D eigenvalue weighted by Crippen LogP contribution is -2.13. The van der Waals surface area contributed by atoms with E-state index in [1.807, 2.05) is 44.2 Å². The summed E-state index contributed by atoms with van der Waals surface area (Å²) in [6.07, 6.45) is 0. The van der Waals surface area contributed by atoms with Gasteiger partial charge in [-0.3, -0.25) is 4.79 Å². The van der Waals surface area contributed by atoms with E-state index in [-0.39, 0.29) is 12.3 Å². The van der Waals surface area contributed by atoms with Crippen LogP contribution in [0.1, 0.15) is 21.7 Å². The van der Waals surface area contributed by atoms with Gasteiger partial charge in [0.1, 0.15) is 6.54 Å². The third kappa shape index (κ3) is 2.99. The molecule has 0 unspecified atom stereocenters. The Bertz CT molecular complexity index is 819. The summed E-state index contributed by atoms with van der Waals surface area (Å²) < 4.78 is 0.983. The fourth-order valence-corrected chi connectivity index (χ4v) is 2.52. The SMILES string of the molecule is Cc1cc(C(=O)Cn2nnc(-c3ccc(Br)cc3)n2)c(C)[nH]1. The molecule has 0 saturated heterocycles. The molecule has 0 spiro atoms. The van der Waals surface area contributed by atoms with Crippen LogP contribution in [0.4, 0.5) is 0 Å². The number of aromatic amines is 1. The number of nitrogens with zero attached hydrogens (tertiary/aromatic N) is 4. The molecule has 0 saturated carbocycles. The third-order valence-electron chi connectivity index (χ3n) is 3.29. The Morgan fingerprint density at radius 2 is 2.00 bits per heavy atom. The van der Waals surface area contributed by atoms with Crippen molar-refractivity contribution in [3.8, 4) is 11.4 Å². The Labute approximate surface area is 135 Å². The molecule has 0 atom stereocenters. The Balaban J connectivity index is 1.78. The monoisotopic (exact) mass is 359 g/mol. The molecule has 0 bridgehead atoms. The van der Waals surface area contributed by atoms with Gasteiger partial charge in [-0.2, -0.15) is 4.80 Å². The molecule has 7 heteroatoms. The number of aromatic nitrogens is 5. The van der Waals surface area contributed by atoms with E-state index in [4.69, 9.17) is 0 Å². The maximum absolute atomic E-state index is 12.3. The predicted octanol–water partition coefficient (Wildman–Crippen LogP) is 2.93. The van der Waals surface area contributed by atoms with Crippen LogP contribution in [-0.4, -0.2) is 31.0 Å². The topological polar surface area (TPSA) is 76.5 Å². The highest BCUT2D eigenvalue weighted by atomic mass is 79.9. The number of carbonyl (C=O) groups is 1.